The van der Waals surface area contributed by atoms with Crippen LogP contribution in [0.1, 0.15) is 5.56 Å². The molecule has 0 saturated heterocycles. The molecule has 2 nitrogen and oxygen atoms in total. The van der Waals surface area contributed by atoms with Gasteiger partial charge in [-0.15, -0.1) is 0 Å². The van der Waals surface area contributed by atoms with Crippen LogP contribution in [-0.2, 0) is 6.42 Å². The third-order valence-corrected chi connectivity index (χ3v) is 3.00. The molecule has 18 heavy (non-hydrogen) atoms. The number of methoxy groups -OCH3 is 1. The fourth-order valence-electron chi connectivity index (χ4n) is 1.71. The van der Waals surface area contributed by atoms with Crippen LogP contribution in [0.15, 0.2) is 48.5 Å². The second-order valence-electron chi connectivity index (χ2n) is 4.03. The molecule has 94 valence electrons. The van der Waals surface area contributed by atoms with Crippen LogP contribution in [0, 0.1) is 0 Å². The van der Waals surface area contributed by atoms with Crippen molar-refractivity contribution in [3.05, 3.63) is 59.1 Å². The van der Waals surface area contributed by atoms with E-state index in [1.807, 2.05) is 36.4 Å². The summed E-state index contributed by atoms with van der Waals surface area (Å²) >= 11 is 5.83. The second-order valence-corrected chi connectivity index (χ2v) is 4.47. The predicted octanol–water partition coefficient (Wildman–Crippen LogP) is 4.00. The van der Waals surface area contributed by atoms with Gasteiger partial charge in [0.1, 0.15) is 5.75 Å². The lowest BCUT2D eigenvalue weighted by Gasteiger charge is -2.07. The van der Waals surface area contributed by atoms with E-state index in [1.165, 1.54) is 5.56 Å². The van der Waals surface area contributed by atoms with Gasteiger partial charge < -0.3 is 10.1 Å². The van der Waals surface area contributed by atoms with E-state index in [2.05, 4.69) is 17.4 Å². The smallest absolute Gasteiger partial charge is 0.118 e. The Labute approximate surface area is 113 Å². The average Bonchev–Trinajstić information content (AvgIpc) is 2.42. The number of rotatable bonds is 5. The number of hydrogen-bond donors (Lipinski definition) is 1. The van der Waals surface area contributed by atoms with Crippen molar-refractivity contribution < 1.29 is 4.74 Å². The maximum Gasteiger partial charge on any atom is 0.118 e. The van der Waals surface area contributed by atoms with Crippen LogP contribution in [0.25, 0.3) is 0 Å². The Morgan fingerprint density at radius 2 is 1.67 bits per heavy atom. The minimum atomic E-state index is 0.760. The molecular formula is C15H16ClNO. The number of hydrogen-bond acceptors (Lipinski definition) is 2. The maximum atomic E-state index is 5.83. The fraction of sp³-hybridized carbons (Fsp3) is 0.200. The maximum absolute atomic E-state index is 5.83. The summed E-state index contributed by atoms with van der Waals surface area (Å²) in [4.78, 5) is 0. The van der Waals surface area contributed by atoms with E-state index in [0.717, 1.165) is 29.4 Å². The van der Waals surface area contributed by atoms with Gasteiger partial charge in [-0.3, -0.25) is 0 Å². The van der Waals surface area contributed by atoms with Crippen molar-refractivity contribution in [2.75, 3.05) is 19.0 Å². The number of benzene rings is 2. The largest absolute Gasteiger partial charge is 0.497 e. The zero-order valence-corrected chi connectivity index (χ0v) is 11.1. The van der Waals surface area contributed by atoms with E-state index in [0.29, 0.717) is 0 Å². The molecule has 3 heteroatoms. The van der Waals surface area contributed by atoms with Gasteiger partial charge in [0.15, 0.2) is 0 Å². The number of nitrogens with one attached hydrogen (secondary N) is 1. The van der Waals surface area contributed by atoms with E-state index < -0.39 is 0 Å². The van der Waals surface area contributed by atoms with Crippen LogP contribution < -0.4 is 10.1 Å². The van der Waals surface area contributed by atoms with Crippen LogP contribution in [0.2, 0.25) is 5.02 Å². The number of halogens is 1. The van der Waals surface area contributed by atoms with E-state index in [-0.39, 0.29) is 0 Å². The Bertz CT molecular complexity index is 479. The molecule has 0 heterocycles. The van der Waals surface area contributed by atoms with Crippen molar-refractivity contribution in [1.82, 2.24) is 0 Å². The number of anilines is 1. The van der Waals surface area contributed by atoms with Crippen LogP contribution >= 0.6 is 11.6 Å². The third-order valence-electron chi connectivity index (χ3n) is 2.75. The third kappa shape index (κ3) is 3.67. The standard InChI is InChI=1S/C15H16ClNO/c1-18-15-8-2-12(3-9-15)10-11-17-14-6-4-13(16)5-7-14/h2-9,17H,10-11H2,1H3. The Morgan fingerprint density at radius 1 is 1.00 bits per heavy atom. The van der Waals surface area contributed by atoms with Crippen molar-refractivity contribution in [2.45, 2.75) is 6.42 Å². The first kappa shape index (κ1) is 12.8. The molecule has 0 aliphatic rings. The molecule has 0 amide bonds. The van der Waals surface area contributed by atoms with Crippen molar-refractivity contribution in [1.29, 1.82) is 0 Å². The first-order valence-electron chi connectivity index (χ1n) is 5.90. The summed E-state index contributed by atoms with van der Waals surface area (Å²) < 4.78 is 5.13. The first-order valence-corrected chi connectivity index (χ1v) is 6.28. The minimum Gasteiger partial charge on any atom is -0.497 e. The Balaban J connectivity index is 1.82. The molecule has 1 N–H and O–H groups in total. The summed E-state index contributed by atoms with van der Waals surface area (Å²) in [5.74, 6) is 0.893. The first-order chi connectivity index (χ1) is 8.78. The Kier molecular flexibility index (Phi) is 4.48. The quantitative estimate of drug-likeness (QED) is 0.878. The number of ether oxygens (including phenoxy) is 1. The molecule has 0 unspecified atom stereocenters. The van der Waals surface area contributed by atoms with Crippen LogP contribution in [0.5, 0.6) is 5.75 Å². The van der Waals surface area contributed by atoms with E-state index in [4.69, 9.17) is 16.3 Å². The highest BCUT2D eigenvalue weighted by atomic mass is 35.5. The van der Waals surface area contributed by atoms with E-state index >= 15 is 0 Å². The normalized spacial score (nSPS) is 10.1. The lowest BCUT2D eigenvalue weighted by molar-refractivity contribution is 0.414. The molecule has 0 bridgehead atoms. The van der Waals surface area contributed by atoms with Crippen molar-refractivity contribution >= 4 is 17.3 Å². The Morgan fingerprint density at radius 3 is 2.28 bits per heavy atom. The Hall–Kier alpha value is -1.67. The highest BCUT2D eigenvalue weighted by molar-refractivity contribution is 6.30. The fourth-order valence-corrected chi connectivity index (χ4v) is 1.84. The second kappa shape index (κ2) is 6.31. The lowest BCUT2D eigenvalue weighted by Crippen LogP contribution is -2.04. The summed E-state index contributed by atoms with van der Waals surface area (Å²) in [6.07, 6.45) is 0.979. The van der Waals surface area contributed by atoms with Crippen molar-refractivity contribution in [3.63, 3.8) is 0 Å². The molecule has 0 radical (unpaired) electrons. The van der Waals surface area contributed by atoms with Crippen LogP contribution in [0.4, 0.5) is 5.69 Å². The van der Waals surface area contributed by atoms with E-state index in [9.17, 15) is 0 Å². The highest BCUT2D eigenvalue weighted by Crippen LogP contribution is 2.14. The van der Waals surface area contributed by atoms with Crippen molar-refractivity contribution in [3.8, 4) is 5.75 Å². The molecule has 2 aromatic carbocycles. The van der Waals surface area contributed by atoms with Gasteiger partial charge in [0, 0.05) is 17.3 Å². The summed E-state index contributed by atoms with van der Waals surface area (Å²) in [5, 5.41) is 4.12. The van der Waals surface area contributed by atoms with E-state index in [1.54, 1.807) is 7.11 Å². The van der Waals surface area contributed by atoms with Gasteiger partial charge in [-0.05, 0) is 48.4 Å². The SMILES string of the molecule is COc1ccc(CCNc2ccc(Cl)cc2)cc1. The van der Waals surface area contributed by atoms with Gasteiger partial charge in [0.25, 0.3) is 0 Å². The molecule has 2 rings (SSSR count). The summed E-state index contributed by atoms with van der Waals surface area (Å²) in [5.41, 5.74) is 2.38. The van der Waals surface area contributed by atoms with Gasteiger partial charge >= 0.3 is 0 Å². The molecular weight excluding hydrogens is 246 g/mol. The van der Waals surface area contributed by atoms with Crippen molar-refractivity contribution in [2.24, 2.45) is 0 Å². The topological polar surface area (TPSA) is 21.3 Å². The zero-order valence-electron chi connectivity index (χ0n) is 10.3. The summed E-state index contributed by atoms with van der Waals surface area (Å²) in [7, 11) is 1.68. The molecule has 0 aromatic heterocycles. The monoisotopic (exact) mass is 261 g/mol. The van der Waals surface area contributed by atoms with Gasteiger partial charge in [-0.25, -0.2) is 0 Å². The molecule has 0 aliphatic carbocycles. The van der Waals surface area contributed by atoms with Gasteiger partial charge in [0.2, 0.25) is 0 Å². The average molecular weight is 262 g/mol. The molecule has 0 aliphatic heterocycles. The molecule has 0 saturated carbocycles. The zero-order chi connectivity index (χ0) is 12.8. The van der Waals surface area contributed by atoms with Gasteiger partial charge in [-0.2, -0.15) is 0 Å². The molecule has 0 fully saturated rings. The summed E-state index contributed by atoms with van der Waals surface area (Å²) in [6, 6.07) is 15.9. The predicted molar refractivity (Wildman–Crippen MR) is 76.6 cm³/mol. The molecule has 0 spiro atoms. The lowest BCUT2D eigenvalue weighted by atomic mass is 10.1. The van der Waals surface area contributed by atoms with Gasteiger partial charge in [-0.1, -0.05) is 23.7 Å². The molecule has 0 atom stereocenters. The summed E-state index contributed by atoms with van der Waals surface area (Å²) in [6.45, 7) is 0.897. The van der Waals surface area contributed by atoms with Crippen LogP contribution in [0.3, 0.4) is 0 Å². The minimum absolute atomic E-state index is 0.760. The van der Waals surface area contributed by atoms with Gasteiger partial charge in [0.05, 0.1) is 7.11 Å². The molecule has 2 aromatic rings. The van der Waals surface area contributed by atoms with Crippen LogP contribution in [-0.4, -0.2) is 13.7 Å². The highest BCUT2D eigenvalue weighted by Gasteiger charge is 1.95.